The number of alkyl halides is 3. The SMILES string of the molecule is BrC1(Br)CC1(Br)c1ccccc1. The monoisotopic (exact) mass is 352 g/mol. The molecule has 1 fully saturated rings. The topological polar surface area (TPSA) is 0 Å². The summed E-state index contributed by atoms with van der Waals surface area (Å²) in [5, 5.41) is 0. The van der Waals surface area contributed by atoms with Crippen molar-refractivity contribution in [2.45, 2.75) is 14.0 Å². The zero-order valence-electron chi connectivity index (χ0n) is 6.23. The Morgan fingerprint density at radius 3 is 1.92 bits per heavy atom. The summed E-state index contributed by atoms with van der Waals surface area (Å²) >= 11 is 11.0. The Kier molecular flexibility index (Phi) is 2.17. The van der Waals surface area contributed by atoms with Crippen molar-refractivity contribution in [1.82, 2.24) is 0 Å². The summed E-state index contributed by atoms with van der Waals surface area (Å²) in [5.41, 5.74) is 1.32. The first kappa shape index (κ1) is 9.22. The van der Waals surface area contributed by atoms with Crippen LogP contribution in [0.25, 0.3) is 0 Å². The van der Waals surface area contributed by atoms with Gasteiger partial charge < -0.3 is 0 Å². The molecule has 0 N–H and O–H groups in total. The van der Waals surface area contributed by atoms with Gasteiger partial charge in [0.05, 0.1) is 4.32 Å². The highest BCUT2D eigenvalue weighted by Gasteiger charge is 2.64. The largest absolute Gasteiger partial charge is 0.102 e. The van der Waals surface area contributed by atoms with E-state index in [0.717, 1.165) is 6.42 Å². The molecule has 1 aromatic carbocycles. The van der Waals surface area contributed by atoms with Crippen LogP contribution >= 0.6 is 47.8 Å². The van der Waals surface area contributed by atoms with Gasteiger partial charge in [0, 0.05) is 0 Å². The van der Waals surface area contributed by atoms with E-state index in [0.29, 0.717) is 0 Å². The molecule has 1 aliphatic carbocycles. The molecular weight excluding hydrogens is 348 g/mol. The average molecular weight is 355 g/mol. The van der Waals surface area contributed by atoms with Gasteiger partial charge in [-0.3, -0.25) is 0 Å². The summed E-state index contributed by atoms with van der Waals surface area (Å²) < 4.78 is 0.135. The summed E-state index contributed by atoms with van der Waals surface area (Å²) in [7, 11) is 0. The van der Waals surface area contributed by atoms with Gasteiger partial charge in [0.1, 0.15) is 3.23 Å². The zero-order chi connectivity index (χ0) is 8.82. The summed E-state index contributed by atoms with van der Waals surface area (Å²) in [5.74, 6) is 0. The Hall–Kier alpha value is 0.660. The number of benzene rings is 1. The normalized spacial score (nSPS) is 31.6. The molecule has 1 aromatic rings. The predicted octanol–water partition coefficient (Wildman–Crippen LogP) is 4.17. The van der Waals surface area contributed by atoms with Gasteiger partial charge in [0.15, 0.2) is 0 Å². The quantitative estimate of drug-likeness (QED) is 0.664. The van der Waals surface area contributed by atoms with Crippen molar-refractivity contribution in [1.29, 1.82) is 0 Å². The van der Waals surface area contributed by atoms with E-state index in [1.54, 1.807) is 0 Å². The molecule has 3 heteroatoms. The van der Waals surface area contributed by atoms with Gasteiger partial charge in [-0.2, -0.15) is 0 Å². The number of hydrogen-bond acceptors (Lipinski definition) is 0. The summed E-state index contributed by atoms with van der Waals surface area (Å²) in [6, 6.07) is 10.4. The van der Waals surface area contributed by atoms with Crippen LogP contribution in [0.2, 0.25) is 0 Å². The van der Waals surface area contributed by atoms with Crippen LogP contribution in [0.15, 0.2) is 30.3 Å². The van der Waals surface area contributed by atoms with Gasteiger partial charge >= 0.3 is 0 Å². The van der Waals surface area contributed by atoms with Crippen LogP contribution in [-0.4, -0.2) is 3.23 Å². The summed E-state index contributed by atoms with van der Waals surface area (Å²) in [4.78, 5) is 0. The van der Waals surface area contributed by atoms with Gasteiger partial charge in [-0.15, -0.1) is 0 Å². The fraction of sp³-hybridized carbons (Fsp3) is 0.333. The Bertz CT molecular complexity index is 294. The number of hydrogen-bond donors (Lipinski definition) is 0. The molecule has 1 atom stereocenters. The highest BCUT2D eigenvalue weighted by atomic mass is 79.9. The van der Waals surface area contributed by atoms with E-state index < -0.39 is 0 Å². The Labute approximate surface area is 97.1 Å². The second-order valence-electron chi connectivity index (χ2n) is 3.05. The Balaban J connectivity index is 2.35. The molecule has 0 bridgehead atoms. The lowest BCUT2D eigenvalue weighted by Crippen LogP contribution is -2.04. The molecule has 1 aliphatic rings. The number of rotatable bonds is 1. The van der Waals surface area contributed by atoms with E-state index in [4.69, 9.17) is 0 Å². The van der Waals surface area contributed by atoms with Crippen LogP contribution in [0.1, 0.15) is 12.0 Å². The Morgan fingerprint density at radius 2 is 1.50 bits per heavy atom. The third-order valence-corrected chi connectivity index (χ3v) is 6.55. The van der Waals surface area contributed by atoms with Crippen molar-refractivity contribution in [3.05, 3.63) is 35.9 Å². The minimum atomic E-state index is 0.0500. The van der Waals surface area contributed by atoms with Crippen LogP contribution in [0, 0.1) is 0 Å². The smallest absolute Gasteiger partial charge is 0.0775 e. The van der Waals surface area contributed by atoms with E-state index in [2.05, 4.69) is 72.1 Å². The van der Waals surface area contributed by atoms with Gasteiger partial charge in [-0.25, -0.2) is 0 Å². The molecule has 0 heterocycles. The zero-order valence-corrected chi connectivity index (χ0v) is 11.0. The van der Waals surface area contributed by atoms with E-state index >= 15 is 0 Å². The summed E-state index contributed by atoms with van der Waals surface area (Å²) in [6.07, 6.45) is 1.07. The van der Waals surface area contributed by atoms with Gasteiger partial charge in [0.25, 0.3) is 0 Å². The second-order valence-corrected chi connectivity index (χ2v) is 8.17. The summed E-state index contributed by atoms with van der Waals surface area (Å²) in [6.45, 7) is 0. The molecule has 0 amide bonds. The number of halogens is 3. The maximum Gasteiger partial charge on any atom is 0.102 e. The first-order valence-corrected chi connectivity index (χ1v) is 6.06. The van der Waals surface area contributed by atoms with E-state index in [9.17, 15) is 0 Å². The highest BCUT2D eigenvalue weighted by molar-refractivity contribution is 9.26. The fourth-order valence-electron chi connectivity index (χ4n) is 1.28. The fourth-order valence-corrected chi connectivity index (χ4v) is 4.01. The maximum atomic E-state index is 3.73. The van der Waals surface area contributed by atoms with Crippen LogP contribution in [-0.2, 0) is 4.32 Å². The van der Waals surface area contributed by atoms with Crippen molar-refractivity contribution >= 4 is 47.8 Å². The van der Waals surface area contributed by atoms with Crippen molar-refractivity contribution in [3.8, 4) is 0 Å². The van der Waals surface area contributed by atoms with Gasteiger partial charge in [-0.1, -0.05) is 78.1 Å². The molecule has 1 saturated carbocycles. The standard InChI is InChI=1S/C9H7Br3/c10-8(6-9(8,11)12)7-4-2-1-3-5-7/h1-5H,6H2. The third-order valence-electron chi connectivity index (χ3n) is 2.15. The van der Waals surface area contributed by atoms with Gasteiger partial charge in [0.2, 0.25) is 0 Å². The minimum Gasteiger partial charge on any atom is -0.0775 e. The first-order chi connectivity index (χ1) is 5.56. The molecule has 0 saturated heterocycles. The molecule has 0 aliphatic heterocycles. The maximum absolute atomic E-state index is 3.73. The highest BCUT2D eigenvalue weighted by Crippen LogP contribution is 2.70. The van der Waals surface area contributed by atoms with Crippen LogP contribution < -0.4 is 0 Å². The average Bonchev–Trinajstić information content (AvgIpc) is 2.55. The van der Waals surface area contributed by atoms with Crippen LogP contribution in [0.5, 0.6) is 0 Å². The molecule has 0 spiro atoms. The van der Waals surface area contributed by atoms with Crippen LogP contribution in [0.3, 0.4) is 0 Å². The van der Waals surface area contributed by atoms with E-state index in [1.165, 1.54) is 5.56 Å². The third kappa shape index (κ3) is 1.30. The van der Waals surface area contributed by atoms with Crippen molar-refractivity contribution in [2.24, 2.45) is 0 Å². The predicted molar refractivity (Wildman–Crippen MR) is 62.2 cm³/mol. The van der Waals surface area contributed by atoms with Crippen molar-refractivity contribution in [3.63, 3.8) is 0 Å². The molecule has 64 valence electrons. The molecule has 12 heavy (non-hydrogen) atoms. The first-order valence-electron chi connectivity index (χ1n) is 3.68. The lowest BCUT2D eigenvalue weighted by molar-refractivity contribution is 1.06. The Morgan fingerprint density at radius 1 is 1.00 bits per heavy atom. The molecule has 1 unspecified atom stereocenters. The molecule has 0 radical (unpaired) electrons. The molecule has 0 aromatic heterocycles. The van der Waals surface area contributed by atoms with Crippen LogP contribution in [0.4, 0.5) is 0 Å². The lowest BCUT2D eigenvalue weighted by atomic mass is 10.1. The van der Waals surface area contributed by atoms with Crippen molar-refractivity contribution in [2.75, 3.05) is 0 Å². The minimum absolute atomic E-state index is 0.0500. The van der Waals surface area contributed by atoms with Crippen molar-refractivity contribution < 1.29 is 0 Å². The molecular formula is C9H7Br3. The van der Waals surface area contributed by atoms with E-state index in [-0.39, 0.29) is 7.56 Å². The van der Waals surface area contributed by atoms with E-state index in [1.807, 2.05) is 6.07 Å². The molecule has 2 rings (SSSR count). The molecule has 0 nitrogen and oxygen atoms in total. The lowest BCUT2D eigenvalue weighted by Gasteiger charge is -2.09. The second kappa shape index (κ2) is 2.82. The van der Waals surface area contributed by atoms with Gasteiger partial charge in [-0.05, 0) is 12.0 Å².